The highest BCUT2D eigenvalue weighted by atomic mass is 16.1. The first-order chi connectivity index (χ1) is 5.73. The lowest BCUT2D eigenvalue weighted by Gasteiger charge is -2.28. The molecule has 0 radical (unpaired) electrons. The summed E-state index contributed by atoms with van der Waals surface area (Å²) in [5, 5.41) is 0. The van der Waals surface area contributed by atoms with Gasteiger partial charge in [0.25, 0.3) is 0 Å². The first-order valence-corrected chi connectivity index (χ1v) is 4.65. The van der Waals surface area contributed by atoms with Gasteiger partial charge in [-0.25, -0.2) is 0 Å². The van der Waals surface area contributed by atoms with Crippen LogP contribution in [0.4, 0.5) is 0 Å². The fraction of sp³-hybridized carbons (Fsp3) is 0.545. The SMILES string of the molecule is CC1=CC(=O)C=CC12CCCC2. The van der Waals surface area contributed by atoms with E-state index in [-0.39, 0.29) is 11.2 Å². The Kier molecular flexibility index (Phi) is 1.67. The zero-order chi connectivity index (χ0) is 8.60. The van der Waals surface area contributed by atoms with Crippen LogP contribution in [-0.4, -0.2) is 5.78 Å². The molecule has 1 spiro atoms. The minimum Gasteiger partial charge on any atom is -0.290 e. The van der Waals surface area contributed by atoms with Crippen LogP contribution in [0.2, 0.25) is 0 Å². The number of carbonyl (C=O) groups is 1. The maximum atomic E-state index is 11.1. The number of hydrogen-bond acceptors (Lipinski definition) is 1. The van der Waals surface area contributed by atoms with Crippen molar-refractivity contribution in [2.24, 2.45) is 5.41 Å². The molecule has 0 heterocycles. The molecule has 64 valence electrons. The van der Waals surface area contributed by atoms with Gasteiger partial charge in [-0.2, -0.15) is 0 Å². The molecule has 0 aromatic rings. The number of carbonyl (C=O) groups excluding carboxylic acids is 1. The van der Waals surface area contributed by atoms with E-state index in [0.29, 0.717) is 0 Å². The molecule has 1 saturated carbocycles. The zero-order valence-corrected chi connectivity index (χ0v) is 7.47. The Labute approximate surface area is 73.2 Å². The van der Waals surface area contributed by atoms with Gasteiger partial charge >= 0.3 is 0 Å². The summed E-state index contributed by atoms with van der Waals surface area (Å²) in [5.41, 5.74) is 1.54. The van der Waals surface area contributed by atoms with E-state index in [9.17, 15) is 4.79 Å². The van der Waals surface area contributed by atoms with Gasteiger partial charge in [0.15, 0.2) is 5.78 Å². The molecule has 0 N–H and O–H groups in total. The third-order valence-corrected chi connectivity index (χ3v) is 3.21. The summed E-state index contributed by atoms with van der Waals surface area (Å²) in [5.74, 6) is 0.157. The van der Waals surface area contributed by atoms with E-state index in [0.717, 1.165) is 0 Å². The highest BCUT2D eigenvalue weighted by molar-refractivity contribution is 6.01. The summed E-state index contributed by atoms with van der Waals surface area (Å²) >= 11 is 0. The lowest BCUT2D eigenvalue weighted by molar-refractivity contribution is -0.110. The summed E-state index contributed by atoms with van der Waals surface area (Å²) in [6.45, 7) is 2.09. The standard InChI is InChI=1S/C11H14O/c1-9-8-10(12)4-7-11(9)5-2-3-6-11/h4,7-8H,2-3,5-6H2,1H3. The highest BCUT2D eigenvalue weighted by Gasteiger charge is 2.34. The van der Waals surface area contributed by atoms with Crippen molar-refractivity contribution in [2.75, 3.05) is 0 Å². The van der Waals surface area contributed by atoms with E-state index < -0.39 is 0 Å². The van der Waals surface area contributed by atoms with Gasteiger partial charge in [-0.3, -0.25) is 4.79 Å². The van der Waals surface area contributed by atoms with Crippen LogP contribution in [0.15, 0.2) is 23.8 Å². The molecule has 2 aliphatic carbocycles. The number of allylic oxidation sites excluding steroid dienone is 4. The van der Waals surface area contributed by atoms with E-state index >= 15 is 0 Å². The summed E-state index contributed by atoms with van der Waals surface area (Å²) < 4.78 is 0. The lowest BCUT2D eigenvalue weighted by atomic mass is 9.76. The molecule has 1 heteroatoms. The zero-order valence-electron chi connectivity index (χ0n) is 7.47. The molecule has 12 heavy (non-hydrogen) atoms. The third-order valence-electron chi connectivity index (χ3n) is 3.21. The van der Waals surface area contributed by atoms with Crippen molar-refractivity contribution in [1.29, 1.82) is 0 Å². The number of hydrogen-bond donors (Lipinski definition) is 0. The van der Waals surface area contributed by atoms with Gasteiger partial charge in [0.2, 0.25) is 0 Å². The van der Waals surface area contributed by atoms with Gasteiger partial charge in [0, 0.05) is 5.41 Å². The average molecular weight is 162 g/mol. The van der Waals surface area contributed by atoms with Gasteiger partial charge in [-0.1, -0.05) is 24.5 Å². The van der Waals surface area contributed by atoms with Gasteiger partial charge in [-0.05, 0) is 31.9 Å². The molecule has 2 aliphatic rings. The van der Waals surface area contributed by atoms with Crippen molar-refractivity contribution >= 4 is 5.78 Å². The van der Waals surface area contributed by atoms with Crippen molar-refractivity contribution in [1.82, 2.24) is 0 Å². The second-order valence-electron chi connectivity index (χ2n) is 3.93. The van der Waals surface area contributed by atoms with Crippen molar-refractivity contribution < 1.29 is 4.79 Å². The van der Waals surface area contributed by atoms with Crippen LogP contribution in [0.3, 0.4) is 0 Å². The van der Waals surface area contributed by atoms with Crippen molar-refractivity contribution in [2.45, 2.75) is 32.6 Å². The largest absolute Gasteiger partial charge is 0.290 e. The number of rotatable bonds is 0. The molecule has 0 saturated heterocycles. The Balaban J connectivity index is 2.33. The quantitative estimate of drug-likeness (QED) is 0.535. The van der Waals surface area contributed by atoms with Crippen LogP contribution < -0.4 is 0 Å². The summed E-state index contributed by atoms with van der Waals surface area (Å²) in [6.07, 6.45) is 10.7. The summed E-state index contributed by atoms with van der Waals surface area (Å²) in [4.78, 5) is 11.1. The normalized spacial score (nSPS) is 26.4. The second-order valence-corrected chi connectivity index (χ2v) is 3.93. The predicted molar refractivity (Wildman–Crippen MR) is 48.8 cm³/mol. The molecular formula is C11H14O. The van der Waals surface area contributed by atoms with E-state index in [4.69, 9.17) is 0 Å². The minimum absolute atomic E-state index is 0.157. The molecule has 0 bridgehead atoms. The van der Waals surface area contributed by atoms with Gasteiger partial charge in [-0.15, -0.1) is 0 Å². The van der Waals surface area contributed by atoms with Crippen LogP contribution in [0.25, 0.3) is 0 Å². The van der Waals surface area contributed by atoms with Crippen LogP contribution in [0, 0.1) is 5.41 Å². The Morgan fingerprint density at radius 1 is 1.33 bits per heavy atom. The molecule has 1 nitrogen and oxygen atoms in total. The van der Waals surface area contributed by atoms with Crippen LogP contribution in [-0.2, 0) is 4.79 Å². The predicted octanol–water partition coefficient (Wildman–Crippen LogP) is 2.63. The third kappa shape index (κ3) is 1.04. The molecule has 0 atom stereocenters. The number of ketones is 1. The second kappa shape index (κ2) is 2.58. The minimum atomic E-state index is 0.157. The molecule has 0 unspecified atom stereocenters. The smallest absolute Gasteiger partial charge is 0.178 e. The first kappa shape index (κ1) is 7.78. The van der Waals surface area contributed by atoms with E-state index in [1.165, 1.54) is 31.3 Å². The summed E-state index contributed by atoms with van der Waals surface area (Å²) in [6, 6.07) is 0. The topological polar surface area (TPSA) is 17.1 Å². The Hall–Kier alpha value is -0.850. The van der Waals surface area contributed by atoms with E-state index in [2.05, 4.69) is 13.0 Å². The molecule has 2 rings (SSSR count). The van der Waals surface area contributed by atoms with Crippen LogP contribution >= 0.6 is 0 Å². The molecule has 0 aromatic heterocycles. The Bertz CT molecular complexity index is 265. The Morgan fingerprint density at radius 3 is 2.58 bits per heavy atom. The van der Waals surface area contributed by atoms with Crippen LogP contribution in [0.1, 0.15) is 32.6 Å². The van der Waals surface area contributed by atoms with Crippen molar-refractivity contribution in [3.63, 3.8) is 0 Å². The van der Waals surface area contributed by atoms with Gasteiger partial charge in [0.1, 0.15) is 0 Å². The fourth-order valence-corrected chi connectivity index (χ4v) is 2.35. The highest BCUT2D eigenvalue weighted by Crippen LogP contribution is 2.46. The summed E-state index contributed by atoms with van der Waals surface area (Å²) in [7, 11) is 0. The fourth-order valence-electron chi connectivity index (χ4n) is 2.35. The van der Waals surface area contributed by atoms with Crippen molar-refractivity contribution in [3.05, 3.63) is 23.8 Å². The van der Waals surface area contributed by atoms with Gasteiger partial charge in [0.05, 0.1) is 0 Å². The maximum Gasteiger partial charge on any atom is 0.178 e. The molecule has 0 amide bonds. The molecule has 0 aliphatic heterocycles. The van der Waals surface area contributed by atoms with E-state index in [1.54, 1.807) is 12.2 Å². The monoisotopic (exact) mass is 162 g/mol. The van der Waals surface area contributed by atoms with E-state index in [1.807, 2.05) is 0 Å². The van der Waals surface area contributed by atoms with Crippen molar-refractivity contribution in [3.8, 4) is 0 Å². The lowest BCUT2D eigenvalue weighted by Crippen LogP contribution is -2.19. The van der Waals surface area contributed by atoms with Gasteiger partial charge < -0.3 is 0 Å². The molecule has 1 fully saturated rings. The molecular weight excluding hydrogens is 148 g/mol. The molecule has 0 aromatic carbocycles. The maximum absolute atomic E-state index is 11.1. The van der Waals surface area contributed by atoms with Crippen LogP contribution in [0.5, 0.6) is 0 Å². The first-order valence-electron chi connectivity index (χ1n) is 4.65. The average Bonchev–Trinajstić information content (AvgIpc) is 2.48. The Morgan fingerprint density at radius 2 is 2.00 bits per heavy atom.